The van der Waals surface area contributed by atoms with Gasteiger partial charge < -0.3 is 25.5 Å². The molecule has 0 aliphatic carbocycles. The van der Waals surface area contributed by atoms with E-state index in [9.17, 15) is 4.79 Å². The number of methoxy groups -OCH3 is 2. The molecule has 0 bridgehead atoms. The number of rotatable bonds is 7. The number of nitrogens with two attached hydrogens (primary N) is 1. The zero-order chi connectivity index (χ0) is 23.1. The highest BCUT2D eigenvalue weighted by atomic mass is 32.1. The van der Waals surface area contributed by atoms with Crippen LogP contribution in [0.15, 0.2) is 42.6 Å². The van der Waals surface area contributed by atoms with Crippen molar-refractivity contribution >= 4 is 34.1 Å². The normalized spacial score (nSPS) is 10.5. The lowest BCUT2D eigenvalue weighted by Gasteiger charge is -2.05. The molecular formula is C23H27N5O3S. The quantitative estimate of drug-likeness (QED) is 0.359. The van der Waals surface area contributed by atoms with E-state index in [1.54, 1.807) is 26.5 Å². The lowest BCUT2D eigenvalue weighted by atomic mass is 10.1. The highest BCUT2D eigenvalue weighted by Gasteiger charge is 2.14. The van der Waals surface area contributed by atoms with Gasteiger partial charge in [-0.1, -0.05) is 13.8 Å². The van der Waals surface area contributed by atoms with E-state index >= 15 is 0 Å². The third kappa shape index (κ3) is 5.06. The van der Waals surface area contributed by atoms with Gasteiger partial charge in [-0.05, 0) is 30.3 Å². The fraction of sp³-hybridized carbons (Fsp3) is 0.261. The van der Waals surface area contributed by atoms with Crippen molar-refractivity contribution in [2.45, 2.75) is 13.8 Å². The molecule has 1 aromatic carbocycles. The third-order valence-corrected chi connectivity index (χ3v) is 5.70. The molecule has 9 heteroatoms. The summed E-state index contributed by atoms with van der Waals surface area (Å²) in [6, 6.07) is 11.2. The first-order valence-electron chi connectivity index (χ1n) is 10.3. The second-order valence-electron chi connectivity index (χ2n) is 6.54. The predicted molar refractivity (Wildman–Crippen MR) is 129 cm³/mol. The molecule has 3 heterocycles. The lowest BCUT2D eigenvalue weighted by molar-refractivity contribution is 0.0941. The van der Waals surface area contributed by atoms with Gasteiger partial charge in [0.15, 0.2) is 0 Å². The molecular weight excluding hydrogens is 426 g/mol. The van der Waals surface area contributed by atoms with Crippen LogP contribution in [-0.2, 0) is 4.74 Å². The number of amides is 1. The van der Waals surface area contributed by atoms with E-state index in [0.29, 0.717) is 35.2 Å². The van der Waals surface area contributed by atoms with Crippen LogP contribution in [0.3, 0.4) is 0 Å². The summed E-state index contributed by atoms with van der Waals surface area (Å²) in [7, 11) is 3.22. The Kier molecular flexibility index (Phi) is 7.80. The first kappa shape index (κ1) is 23.2. The number of benzene rings is 1. The number of imidazole rings is 1. The molecule has 0 spiro atoms. The van der Waals surface area contributed by atoms with Gasteiger partial charge in [-0.25, -0.2) is 9.97 Å². The summed E-state index contributed by atoms with van der Waals surface area (Å²) in [6.45, 7) is 4.94. The van der Waals surface area contributed by atoms with Crippen molar-refractivity contribution in [3.8, 4) is 27.6 Å². The Hall–Kier alpha value is -3.43. The summed E-state index contributed by atoms with van der Waals surface area (Å²) < 4.78 is 10.2. The third-order valence-electron chi connectivity index (χ3n) is 4.57. The van der Waals surface area contributed by atoms with Crippen molar-refractivity contribution in [1.82, 2.24) is 20.3 Å². The number of pyridine rings is 1. The van der Waals surface area contributed by atoms with Crippen molar-refractivity contribution in [3.05, 3.63) is 47.5 Å². The molecule has 0 aliphatic rings. The van der Waals surface area contributed by atoms with Crippen LogP contribution >= 0.6 is 11.3 Å². The van der Waals surface area contributed by atoms with Crippen LogP contribution in [0.25, 0.3) is 32.9 Å². The first-order valence-corrected chi connectivity index (χ1v) is 11.1. The summed E-state index contributed by atoms with van der Waals surface area (Å²) in [4.78, 5) is 26.0. The fourth-order valence-electron chi connectivity index (χ4n) is 3.01. The second-order valence-corrected chi connectivity index (χ2v) is 7.62. The monoisotopic (exact) mass is 453 g/mol. The first-order chi connectivity index (χ1) is 15.6. The zero-order valence-corrected chi connectivity index (χ0v) is 19.4. The molecule has 4 aromatic rings. The summed E-state index contributed by atoms with van der Waals surface area (Å²) in [6.07, 6.45) is 1.70. The predicted octanol–water partition coefficient (Wildman–Crippen LogP) is 4.35. The number of H-pyrrole nitrogens is 1. The van der Waals surface area contributed by atoms with Crippen LogP contribution in [0.1, 0.15) is 23.5 Å². The second kappa shape index (κ2) is 10.7. The van der Waals surface area contributed by atoms with Gasteiger partial charge in [-0.3, -0.25) is 4.79 Å². The molecule has 0 aliphatic heterocycles. The minimum atomic E-state index is -0.127. The Morgan fingerprint density at radius 1 is 1.19 bits per heavy atom. The number of carbonyl (C=O) groups is 1. The molecule has 4 N–H and O–H groups in total. The van der Waals surface area contributed by atoms with Crippen LogP contribution in [0.4, 0.5) is 5.82 Å². The number of nitrogens with zero attached hydrogens (tertiary/aromatic N) is 2. The number of nitrogens with one attached hydrogen (secondary N) is 2. The number of carbonyl (C=O) groups excluding carboxylic acids is 1. The number of anilines is 1. The average molecular weight is 454 g/mol. The number of ether oxygens (including phenoxy) is 2. The topological polar surface area (TPSA) is 115 Å². The van der Waals surface area contributed by atoms with Crippen LogP contribution < -0.4 is 15.8 Å². The maximum atomic E-state index is 12.2. The summed E-state index contributed by atoms with van der Waals surface area (Å²) in [5.41, 5.74) is 9.34. The Morgan fingerprint density at radius 3 is 2.75 bits per heavy atom. The van der Waals surface area contributed by atoms with Gasteiger partial charge in [-0.15, -0.1) is 11.3 Å². The fourth-order valence-corrected chi connectivity index (χ4v) is 3.92. The van der Waals surface area contributed by atoms with E-state index in [4.69, 9.17) is 15.2 Å². The molecule has 168 valence electrons. The molecule has 4 rings (SSSR count). The van der Waals surface area contributed by atoms with E-state index in [-0.39, 0.29) is 5.91 Å². The van der Waals surface area contributed by atoms with Gasteiger partial charge in [-0.2, -0.15) is 0 Å². The van der Waals surface area contributed by atoms with Crippen molar-refractivity contribution in [3.63, 3.8) is 0 Å². The van der Waals surface area contributed by atoms with Crippen molar-refractivity contribution in [2.24, 2.45) is 0 Å². The summed E-state index contributed by atoms with van der Waals surface area (Å²) in [5.74, 6) is 1.61. The van der Waals surface area contributed by atoms with Crippen molar-refractivity contribution in [2.75, 3.05) is 33.1 Å². The summed E-state index contributed by atoms with van der Waals surface area (Å²) in [5, 5.41) is 2.82. The molecule has 1 amide bonds. The molecule has 8 nitrogen and oxygen atoms in total. The highest BCUT2D eigenvalue weighted by Crippen LogP contribution is 2.33. The Bertz CT molecular complexity index is 1200. The zero-order valence-electron chi connectivity index (χ0n) is 18.6. The number of fused-ring (bicyclic) bond motifs is 1. The largest absolute Gasteiger partial charge is 0.497 e. The van der Waals surface area contributed by atoms with Crippen LogP contribution in [0.2, 0.25) is 0 Å². The van der Waals surface area contributed by atoms with Gasteiger partial charge in [0, 0.05) is 36.4 Å². The Morgan fingerprint density at radius 2 is 2.00 bits per heavy atom. The Labute approximate surface area is 190 Å². The van der Waals surface area contributed by atoms with E-state index < -0.39 is 0 Å². The molecule has 0 radical (unpaired) electrons. The number of hydrogen-bond acceptors (Lipinski definition) is 7. The minimum Gasteiger partial charge on any atom is -0.497 e. The van der Waals surface area contributed by atoms with E-state index in [1.165, 1.54) is 11.3 Å². The number of aromatic nitrogens is 3. The van der Waals surface area contributed by atoms with Gasteiger partial charge >= 0.3 is 0 Å². The average Bonchev–Trinajstić information content (AvgIpc) is 3.48. The van der Waals surface area contributed by atoms with Crippen molar-refractivity contribution in [1.29, 1.82) is 0 Å². The van der Waals surface area contributed by atoms with Crippen LogP contribution in [0.5, 0.6) is 5.75 Å². The molecule has 0 saturated heterocycles. The number of hydrogen-bond donors (Lipinski definition) is 3. The van der Waals surface area contributed by atoms with Gasteiger partial charge in [0.1, 0.15) is 17.4 Å². The molecule has 0 atom stereocenters. The minimum absolute atomic E-state index is 0.127. The maximum Gasteiger partial charge on any atom is 0.261 e. The van der Waals surface area contributed by atoms with E-state index in [0.717, 1.165) is 27.2 Å². The molecule has 0 unspecified atom stereocenters. The van der Waals surface area contributed by atoms with Crippen LogP contribution in [-0.4, -0.2) is 48.2 Å². The SMILES string of the molecule is CC.COCCNC(=O)c1ccc(-c2cnc(N)c(-c3nc4ccc(OC)cc4[nH]3)c2)s1. The highest BCUT2D eigenvalue weighted by molar-refractivity contribution is 7.17. The van der Waals surface area contributed by atoms with Gasteiger partial charge in [0.25, 0.3) is 5.91 Å². The number of thiophene rings is 1. The molecule has 0 fully saturated rings. The molecule has 0 saturated carbocycles. The maximum absolute atomic E-state index is 12.2. The van der Waals surface area contributed by atoms with Crippen LogP contribution in [0, 0.1) is 0 Å². The van der Waals surface area contributed by atoms with Gasteiger partial charge in [0.05, 0.1) is 35.2 Å². The van der Waals surface area contributed by atoms with Crippen molar-refractivity contribution < 1.29 is 14.3 Å². The van der Waals surface area contributed by atoms with E-state index in [2.05, 4.69) is 20.3 Å². The standard InChI is InChI=1S/C21H21N5O3S.C2H6/c1-28-8-7-23-21(27)18-6-5-17(30-18)12-9-14(19(22)24-11-12)20-25-15-4-3-13(29-2)10-16(15)26-20;1-2/h3-6,9-11H,7-8H2,1-2H3,(H2,22,24)(H,23,27)(H,25,26);1-2H3. The van der Waals surface area contributed by atoms with E-state index in [1.807, 2.05) is 44.2 Å². The lowest BCUT2D eigenvalue weighted by Crippen LogP contribution is -2.26. The Balaban J connectivity index is 0.00000141. The summed E-state index contributed by atoms with van der Waals surface area (Å²) >= 11 is 1.39. The number of nitrogen functional groups attached to an aromatic ring is 1. The number of aromatic amines is 1. The van der Waals surface area contributed by atoms with Gasteiger partial charge in [0.2, 0.25) is 0 Å². The molecule has 32 heavy (non-hydrogen) atoms. The smallest absolute Gasteiger partial charge is 0.261 e. The molecule has 3 aromatic heterocycles.